The van der Waals surface area contributed by atoms with Gasteiger partial charge >= 0.3 is 5.97 Å². The summed E-state index contributed by atoms with van der Waals surface area (Å²) in [5.74, 6) is -0.402. The van der Waals surface area contributed by atoms with E-state index in [9.17, 15) is 9.59 Å². The average molecular weight is 218 g/mol. The summed E-state index contributed by atoms with van der Waals surface area (Å²) in [6.45, 7) is 3.43. The van der Waals surface area contributed by atoms with Crippen molar-refractivity contribution in [3.8, 4) is 0 Å². The van der Waals surface area contributed by atoms with E-state index in [0.717, 1.165) is 11.1 Å². The summed E-state index contributed by atoms with van der Waals surface area (Å²) in [7, 11) is 1.32. The van der Waals surface area contributed by atoms with Gasteiger partial charge in [0.15, 0.2) is 5.78 Å². The lowest BCUT2D eigenvalue weighted by Crippen LogP contribution is -1.96. The Labute approximate surface area is 94.7 Å². The Morgan fingerprint density at radius 3 is 2.56 bits per heavy atom. The number of carbonyl (C=O) groups excluding carboxylic acids is 2. The van der Waals surface area contributed by atoms with Gasteiger partial charge in [-0.15, -0.1) is 0 Å². The summed E-state index contributed by atoms with van der Waals surface area (Å²) in [6.07, 6.45) is 2.99. The highest BCUT2D eigenvalue weighted by molar-refractivity contribution is 5.95. The van der Waals surface area contributed by atoms with E-state index in [2.05, 4.69) is 4.74 Å². The molecule has 0 amide bonds. The molecule has 0 radical (unpaired) electrons. The number of ketones is 1. The maximum absolute atomic E-state index is 11.2. The molecule has 16 heavy (non-hydrogen) atoms. The Hall–Kier alpha value is -1.90. The second-order valence-corrected chi connectivity index (χ2v) is 3.48. The van der Waals surface area contributed by atoms with E-state index >= 15 is 0 Å². The quantitative estimate of drug-likeness (QED) is 0.444. The molecule has 0 fully saturated rings. The highest BCUT2D eigenvalue weighted by Gasteiger charge is 2.02. The molecular formula is C13H14O3. The molecule has 0 N–H and O–H groups in total. The fourth-order valence-corrected chi connectivity index (χ4v) is 1.26. The van der Waals surface area contributed by atoms with Crippen LogP contribution in [0.1, 0.15) is 28.4 Å². The minimum absolute atomic E-state index is 0.00715. The second-order valence-electron chi connectivity index (χ2n) is 3.48. The van der Waals surface area contributed by atoms with Crippen LogP contribution in [-0.4, -0.2) is 18.9 Å². The van der Waals surface area contributed by atoms with Crippen molar-refractivity contribution in [2.24, 2.45) is 0 Å². The topological polar surface area (TPSA) is 43.4 Å². The Morgan fingerprint density at radius 2 is 2.00 bits per heavy atom. The summed E-state index contributed by atoms with van der Waals surface area (Å²) < 4.78 is 4.50. The monoisotopic (exact) mass is 218 g/mol. The molecule has 3 heteroatoms. The van der Waals surface area contributed by atoms with Crippen LogP contribution in [0.2, 0.25) is 0 Å². The number of rotatable bonds is 3. The van der Waals surface area contributed by atoms with E-state index < -0.39 is 5.97 Å². The molecule has 1 aromatic rings. The van der Waals surface area contributed by atoms with E-state index in [1.165, 1.54) is 20.1 Å². The molecule has 0 aliphatic carbocycles. The minimum Gasteiger partial charge on any atom is -0.466 e. The number of esters is 1. The van der Waals surface area contributed by atoms with E-state index in [4.69, 9.17) is 0 Å². The molecule has 0 bridgehead atoms. The number of carbonyl (C=O) groups is 2. The van der Waals surface area contributed by atoms with E-state index in [0.29, 0.717) is 5.56 Å². The summed E-state index contributed by atoms with van der Waals surface area (Å²) in [6, 6.07) is 5.39. The van der Waals surface area contributed by atoms with Gasteiger partial charge in [0.1, 0.15) is 0 Å². The largest absolute Gasteiger partial charge is 0.466 e. The molecule has 0 unspecified atom stereocenters. The third-order valence-electron chi connectivity index (χ3n) is 2.29. The first kappa shape index (κ1) is 12.2. The zero-order valence-electron chi connectivity index (χ0n) is 9.61. The lowest BCUT2D eigenvalue weighted by atomic mass is 10.0. The van der Waals surface area contributed by atoms with Crippen LogP contribution in [0, 0.1) is 6.92 Å². The Balaban J connectivity index is 3.03. The van der Waals surface area contributed by atoms with Gasteiger partial charge in [-0.25, -0.2) is 4.79 Å². The standard InChI is InChI=1S/C13H14O3/c1-9-4-5-12(10(2)14)8-11(9)6-7-13(15)16-3/h4-8H,1-3H3. The van der Waals surface area contributed by atoms with Crippen LogP contribution in [0.25, 0.3) is 6.08 Å². The maximum Gasteiger partial charge on any atom is 0.330 e. The fraction of sp³-hybridized carbons (Fsp3) is 0.231. The Kier molecular flexibility index (Phi) is 4.00. The van der Waals surface area contributed by atoms with Crippen LogP contribution in [-0.2, 0) is 9.53 Å². The molecule has 3 nitrogen and oxygen atoms in total. The molecule has 1 aromatic carbocycles. The molecule has 0 heterocycles. The highest BCUT2D eigenvalue weighted by Crippen LogP contribution is 2.13. The van der Waals surface area contributed by atoms with Gasteiger partial charge in [-0.3, -0.25) is 4.79 Å². The van der Waals surface area contributed by atoms with Crippen molar-refractivity contribution in [3.63, 3.8) is 0 Å². The number of Topliss-reactive ketones (excluding diaryl/α,β-unsaturated/α-hetero) is 1. The summed E-state index contributed by atoms with van der Waals surface area (Å²) >= 11 is 0. The van der Waals surface area contributed by atoms with Gasteiger partial charge in [-0.05, 0) is 37.1 Å². The molecule has 0 spiro atoms. The third kappa shape index (κ3) is 3.05. The van der Waals surface area contributed by atoms with Crippen molar-refractivity contribution in [1.82, 2.24) is 0 Å². The third-order valence-corrected chi connectivity index (χ3v) is 2.29. The Morgan fingerprint density at radius 1 is 1.31 bits per heavy atom. The predicted octanol–water partition coefficient (Wildman–Crippen LogP) is 2.38. The van der Waals surface area contributed by atoms with Gasteiger partial charge in [0, 0.05) is 11.6 Å². The number of benzene rings is 1. The minimum atomic E-state index is -0.410. The maximum atomic E-state index is 11.2. The first-order chi connectivity index (χ1) is 7.54. The number of hydrogen-bond donors (Lipinski definition) is 0. The first-order valence-corrected chi connectivity index (χ1v) is 4.92. The second kappa shape index (κ2) is 5.26. The number of aryl methyl sites for hydroxylation is 1. The molecule has 0 aliphatic heterocycles. The molecule has 0 atom stereocenters. The number of ether oxygens (including phenoxy) is 1. The van der Waals surface area contributed by atoms with Gasteiger partial charge in [0.25, 0.3) is 0 Å². The van der Waals surface area contributed by atoms with Gasteiger partial charge in [0.05, 0.1) is 7.11 Å². The normalized spacial score (nSPS) is 10.4. The molecule has 0 saturated carbocycles. The van der Waals surface area contributed by atoms with Gasteiger partial charge in [-0.2, -0.15) is 0 Å². The van der Waals surface area contributed by atoms with Gasteiger partial charge in [0.2, 0.25) is 0 Å². The van der Waals surface area contributed by atoms with Crippen LogP contribution >= 0.6 is 0 Å². The average Bonchev–Trinajstić information content (AvgIpc) is 2.27. The van der Waals surface area contributed by atoms with Crippen molar-refractivity contribution in [1.29, 1.82) is 0 Å². The van der Waals surface area contributed by atoms with Gasteiger partial charge < -0.3 is 4.74 Å². The Bertz CT molecular complexity index is 444. The molecule has 0 saturated heterocycles. The van der Waals surface area contributed by atoms with Crippen LogP contribution in [0.15, 0.2) is 24.3 Å². The molecule has 1 rings (SSSR count). The number of methoxy groups -OCH3 is 1. The number of hydrogen-bond acceptors (Lipinski definition) is 3. The SMILES string of the molecule is COC(=O)C=Cc1cc(C(C)=O)ccc1C. The lowest BCUT2D eigenvalue weighted by molar-refractivity contribution is -0.134. The zero-order chi connectivity index (χ0) is 12.1. The van der Waals surface area contributed by atoms with Crippen LogP contribution < -0.4 is 0 Å². The smallest absolute Gasteiger partial charge is 0.330 e. The van der Waals surface area contributed by atoms with Crippen molar-refractivity contribution in [3.05, 3.63) is 41.0 Å². The van der Waals surface area contributed by atoms with Gasteiger partial charge in [-0.1, -0.05) is 12.1 Å². The lowest BCUT2D eigenvalue weighted by Gasteiger charge is -2.02. The van der Waals surface area contributed by atoms with Crippen LogP contribution in [0.3, 0.4) is 0 Å². The summed E-state index contributed by atoms with van der Waals surface area (Å²) in [5, 5.41) is 0. The van der Waals surface area contributed by atoms with E-state index in [-0.39, 0.29) is 5.78 Å². The molecule has 84 valence electrons. The molecule has 0 aromatic heterocycles. The predicted molar refractivity (Wildman–Crippen MR) is 62.2 cm³/mol. The molecule has 0 aliphatic rings. The summed E-state index contributed by atoms with van der Waals surface area (Å²) in [4.78, 5) is 22.1. The van der Waals surface area contributed by atoms with Crippen LogP contribution in [0.5, 0.6) is 0 Å². The zero-order valence-corrected chi connectivity index (χ0v) is 9.61. The van der Waals surface area contributed by atoms with E-state index in [1.807, 2.05) is 13.0 Å². The van der Waals surface area contributed by atoms with Crippen molar-refractivity contribution in [2.75, 3.05) is 7.11 Å². The first-order valence-electron chi connectivity index (χ1n) is 4.92. The van der Waals surface area contributed by atoms with Crippen molar-refractivity contribution >= 4 is 17.8 Å². The molecular weight excluding hydrogens is 204 g/mol. The fourth-order valence-electron chi connectivity index (χ4n) is 1.26. The highest BCUT2D eigenvalue weighted by atomic mass is 16.5. The van der Waals surface area contributed by atoms with Crippen molar-refractivity contribution in [2.45, 2.75) is 13.8 Å². The summed E-state index contributed by atoms with van der Waals surface area (Å²) in [5.41, 5.74) is 2.48. The van der Waals surface area contributed by atoms with Crippen LogP contribution in [0.4, 0.5) is 0 Å². The van der Waals surface area contributed by atoms with E-state index in [1.54, 1.807) is 18.2 Å². The van der Waals surface area contributed by atoms with Crippen molar-refractivity contribution < 1.29 is 14.3 Å².